The molecule has 1 rings (SSSR count). The Morgan fingerprint density at radius 2 is 2.23 bits per heavy atom. The van der Waals surface area contributed by atoms with Crippen LogP contribution in [0.2, 0.25) is 5.02 Å². The monoisotopic (exact) mass is 265 g/mol. The fourth-order valence-electron chi connectivity index (χ4n) is 0.832. The van der Waals surface area contributed by atoms with Crippen molar-refractivity contribution in [3.63, 3.8) is 0 Å². The van der Waals surface area contributed by atoms with Gasteiger partial charge in [0.1, 0.15) is 5.75 Å². The highest BCUT2D eigenvalue weighted by molar-refractivity contribution is 9.10. The Labute approximate surface area is 87.7 Å². The molecule has 0 bridgehead atoms. The average Bonchev–Trinajstić information content (AvgIpc) is 2.08. The third kappa shape index (κ3) is 2.10. The van der Waals surface area contributed by atoms with Gasteiger partial charge < -0.3 is 4.74 Å². The zero-order valence-electron chi connectivity index (χ0n) is 6.58. The lowest BCUT2D eigenvalue weighted by molar-refractivity contribution is -0.384. The fourth-order valence-corrected chi connectivity index (χ4v) is 1.51. The van der Waals surface area contributed by atoms with Crippen LogP contribution in [0.4, 0.5) is 5.69 Å². The van der Waals surface area contributed by atoms with Crippen LogP contribution in [0, 0.1) is 10.1 Å². The summed E-state index contributed by atoms with van der Waals surface area (Å²) in [7, 11) is 1.40. The summed E-state index contributed by atoms with van der Waals surface area (Å²) in [6.07, 6.45) is 0. The first-order chi connectivity index (χ1) is 6.06. The summed E-state index contributed by atoms with van der Waals surface area (Å²) in [5.74, 6) is 0.280. The minimum absolute atomic E-state index is 0.00991. The Hall–Kier alpha value is -0.810. The summed E-state index contributed by atoms with van der Waals surface area (Å²) in [5, 5.41) is 10.5. The van der Waals surface area contributed by atoms with E-state index in [0.717, 1.165) is 0 Å². The third-order valence-electron chi connectivity index (χ3n) is 1.40. The van der Waals surface area contributed by atoms with Crippen LogP contribution >= 0.6 is 27.5 Å². The molecule has 0 saturated carbocycles. The predicted octanol–water partition coefficient (Wildman–Crippen LogP) is 3.02. The lowest BCUT2D eigenvalue weighted by atomic mass is 10.3. The highest BCUT2D eigenvalue weighted by atomic mass is 79.9. The van der Waals surface area contributed by atoms with Crippen LogP contribution in [0.3, 0.4) is 0 Å². The van der Waals surface area contributed by atoms with E-state index in [-0.39, 0.29) is 16.5 Å². The van der Waals surface area contributed by atoms with Crippen LogP contribution in [-0.4, -0.2) is 12.0 Å². The van der Waals surface area contributed by atoms with Gasteiger partial charge >= 0.3 is 0 Å². The summed E-state index contributed by atoms with van der Waals surface area (Å²) in [5.41, 5.74) is -0.173. The SMILES string of the molecule is COc1cc(Br)cc([N+](=O)[O-])c1Cl. The standard InChI is InChI=1S/C7H5BrClNO3/c1-13-6-3-4(8)2-5(7(6)9)10(11)12/h2-3H,1H3. The highest BCUT2D eigenvalue weighted by Gasteiger charge is 2.17. The Bertz CT molecular complexity index is 356. The van der Waals surface area contributed by atoms with Crippen molar-refractivity contribution in [1.82, 2.24) is 0 Å². The number of rotatable bonds is 2. The van der Waals surface area contributed by atoms with Gasteiger partial charge in [0.2, 0.25) is 0 Å². The molecule has 0 aromatic heterocycles. The maximum absolute atomic E-state index is 10.5. The van der Waals surface area contributed by atoms with E-state index in [1.807, 2.05) is 0 Å². The second-order valence-electron chi connectivity index (χ2n) is 2.20. The molecule has 0 heterocycles. The van der Waals surface area contributed by atoms with Crippen LogP contribution in [0.25, 0.3) is 0 Å². The number of benzene rings is 1. The maximum atomic E-state index is 10.5. The summed E-state index contributed by atoms with van der Waals surface area (Å²) < 4.78 is 5.41. The minimum atomic E-state index is -0.560. The van der Waals surface area contributed by atoms with E-state index in [1.54, 1.807) is 6.07 Å². The number of nitro benzene ring substituents is 1. The minimum Gasteiger partial charge on any atom is -0.495 e. The number of nitrogens with zero attached hydrogens (tertiary/aromatic N) is 1. The second kappa shape index (κ2) is 3.93. The number of halogens is 2. The van der Waals surface area contributed by atoms with E-state index in [1.165, 1.54) is 13.2 Å². The molecule has 0 aliphatic carbocycles. The molecule has 0 spiro atoms. The summed E-state index contributed by atoms with van der Waals surface area (Å²) in [6, 6.07) is 2.89. The molecule has 6 heteroatoms. The van der Waals surface area contributed by atoms with Gasteiger partial charge in [-0.25, -0.2) is 0 Å². The predicted molar refractivity (Wildman–Crippen MR) is 52.4 cm³/mol. The van der Waals surface area contributed by atoms with Crippen LogP contribution in [-0.2, 0) is 0 Å². The first-order valence-electron chi connectivity index (χ1n) is 3.23. The van der Waals surface area contributed by atoms with E-state index < -0.39 is 4.92 Å². The van der Waals surface area contributed by atoms with Gasteiger partial charge in [0.15, 0.2) is 5.02 Å². The Morgan fingerprint density at radius 1 is 1.62 bits per heavy atom. The van der Waals surface area contributed by atoms with Gasteiger partial charge in [-0.3, -0.25) is 10.1 Å². The maximum Gasteiger partial charge on any atom is 0.292 e. The van der Waals surface area contributed by atoms with Crippen molar-refractivity contribution in [2.45, 2.75) is 0 Å². The van der Waals surface area contributed by atoms with Crippen molar-refractivity contribution < 1.29 is 9.66 Å². The zero-order valence-corrected chi connectivity index (χ0v) is 8.92. The molecule has 13 heavy (non-hydrogen) atoms. The Balaban J connectivity index is 3.35. The summed E-state index contributed by atoms with van der Waals surface area (Å²) >= 11 is 8.80. The molecule has 4 nitrogen and oxygen atoms in total. The van der Waals surface area contributed by atoms with Crippen LogP contribution in [0.1, 0.15) is 0 Å². The number of methoxy groups -OCH3 is 1. The van der Waals surface area contributed by atoms with Gasteiger partial charge in [-0.1, -0.05) is 27.5 Å². The summed E-state index contributed by atoms with van der Waals surface area (Å²) in [4.78, 5) is 9.93. The number of ether oxygens (including phenoxy) is 1. The van der Waals surface area contributed by atoms with E-state index in [0.29, 0.717) is 4.47 Å². The molecular formula is C7H5BrClNO3. The molecule has 0 radical (unpaired) electrons. The molecular weight excluding hydrogens is 261 g/mol. The van der Waals surface area contributed by atoms with E-state index >= 15 is 0 Å². The topological polar surface area (TPSA) is 52.4 Å². The lowest BCUT2D eigenvalue weighted by Crippen LogP contribution is -1.92. The number of hydrogen-bond acceptors (Lipinski definition) is 3. The van der Waals surface area contributed by atoms with Crippen LogP contribution < -0.4 is 4.74 Å². The second-order valence-corrected chi connectivity index (χ2v) is 3.49. The average molecular weight is 266 g/mol. The van der Waals surface area contributed by atoms with E-state index in [2.05, 4.69) is 15.9 Å². The van der Waals surface area contributed by atoms with E-state index in [4.69, 9.17) is 16.3 Å². The molecule has 70 valence electrons. The first-order valence-corrected chi connectivity index (χ1v) is 4.40. The Morgan fingerprint density at radius 3 is 2.69 bits per heavy atom. The molecule has 0 saturated heterocycles. The van der Waals surface area contributed by atoms with Crippen molar-refractivity contribution in [3.8, 4) is 5.75 Å². The van der Waals surface area contributed by atoms with Gasteiger partial charge in [0.25, 0.3) is 5.69 Å². The molecule has 0 aliphatic heterocycles. The van der Waals surface area contributed by atoms with Gasteiger partial charge in [0, 0.05) is 10.5 Å². The van der Waals surface area contributed by atoms with Crippen molar-refractivity contribution in [2.75, 3.05) is 7.11 Å². The van der Waals surface area contributed by atoms with Crippen molar-refractivity contribution in [2.24, 2.45) is 0 Å². The number of hydrogen-bond donors (Lipinski definition) is 0. The molecule has 1 aromatic rings. The number of nitro groups is 1. The van der Waals surface area contributed by atoms with Crippen molar-refractivity contribution in [3.05, 3.63) is 31.7 Å². The van der Waals surface area contributed by atoms with Gasteiger partial charge in [0.05, 0.1) is 12.0 Å². The molecule has 0 aliphatic rings. The first kappa shape index (κ1) is 10.3. The summed E-state index contributed by atoms with van der Waals surface area (Å²) in [6.45, 7) is 0. The third-order valence-corrected chi connectivity index (χ3v) is 2.24. The Kier molecular flexibility index (Phi) is 3.11. The molecule has 0 unspecified atom stereocenters. The smallest absolute Gasteiger partial charge is 0.292 e. The van der Waals surface area contributed by atoms with E-state index in [9.17, 15) is 10.1 Å². The molecule has 0 fully saturated rings. The molecule has 0 amide bonds. The van der Waals surface area contributed by atoms with Gasteiger partial charge in [-0.2, -0.15) is 0 Å². The fraction of sp³-hybridized carbons (Fsp3) is 0.143. The van der Waals surface area contributed by atoms with Crippen LogP contribution in [0.15, 0.2) is 16.6 Å². The van der Waals surface area contributed by atoms with Crippen molar-refractivity contribution >= 4 is 33.2 Å². The molecule has 1 aromatic carbocycles. The quantitative estimate of drug-likeness (QED) is 0.611. The van der Waals surface area contributed by atoms with Gasteiger partial charge in [-0.05, 0) is 6.07 Å². The zero-order chi connectivity index (χ0) is 10.0. The largest absolute Gasteiger partial charge is 0.495 e. The van der Waals surface area contributed by atoms with Crippen LogP contribution in [0.5, 0.6) is 5.75 Å². The molecule has 0 N–H and O–H groups in total. The van der Waals surface area contributed by atoms with Crippen molar-refractivity contribution in [1.29, 1.82) is 0 Å². The van der Waals surface area contributed by atoms with Gasteiger partial charge in [-0.15, -0.1) is 0 Å². The lowest BCUT2D eigenvalue weighted by Gasteiger charge is -2.03. The normalized spacial score (nSPS) is 9.77. The highest BCUT2D eigenvalue weighted by Crippen LogP contribution is 2.36. The molecule has 0 atom stereocenters.